The van der Waals surface area contributed by atoms with Gasteiger partial charge in [0.1, 0.15) is 11.9 Å². The fraction of sp³-hybridized carbons (Fsp3) is 0.625. The number of hydrogen-bond donors (Lipinski definition) is 1. The molecule has 1 N–H and O–H groups in total. The topological polar surface area (TPSA) is 55.4 Å². The van der Waals surface area contributed by atoms with Crippen LogP contribution < -0.4 is 10.1 Å². The second-order valence-corrected chi connectivity index (χ2v) is 8.79. The van der Waals surface area contributed by atoms with Crippen molar-refractivity contribution in [1.29, 1.82) is 0 Å². The minimum absolute atomic E-state index is 0.0355. The van der Waals surface area contributed by atoms with Crippen LogP contribution in [-0.2, 0) is 9.84 Å². The Morgan fingerprint density at radius 3 is 2.05 bits per heavy atom. The monoisotopic (exact) mass is 313 g/mol. The highest BCUT2D eigenvalue weighted by Gasteiger charge is 2.19. The van der Waals surface area contributed by atoms with Gasteiger partial charge in [0, 0.05) is 18.3 Å². The summed E-state index contributed by atoms with van der Waals surface area (Å²) in [7, 11) is -3.16. The molecule has 1 aromatic rings. The van der Waals surface area contributed by atoms with Crippen LogP contribution in [0.3, 0.4) is 0 Å². The Bertz CT molecular complexity index is 542. The van der Waals surface area contributed by atoms with Crippen molar-refractivity contribution in [2.75, 3.05) is 12.8 Å². The van der Waals surface area contributed by atoms with E-state index in [0.717, 1.165) is 6.54 Å². The highest BCUT2D eigenvalue weighted by atomic mass is 32.2. The smallest absolute Gasteiger partial charge is 0.175 e. The second kappa shape index (κ2) is 6.79. The first-order valence-electron chi connectivity index (χ1n) is 7.21. The molecule has 0 heterocycles. The summed E-state index contributed by atoms with van der Waals surface area (Å²) < 4.78 is 28.9. The van der Waals surface area contributed by atoms with Gasteiger partial charge in [0.25, 0.3) is 0 Å². The predicted octanol–water partition coefficient (Wildman–Crippen LogP) is 2.88. The van der Waals surface area contributed by atoms with Crippen LogP contribution in [0.4, 0.5) is 0 Å². The molecule has 1 aromatic carbocycles. The Kier molecular flexibility index (Phi) is 5.82. The first-order valence-corrected chi connectivity index (χ1v) is 9.10. The third-order valence-electron chi connectivity index (χ3n) is 3.12. The molecule has 120 valence electrons. The lowest BCUT2D eigenvalue weighted by Gasteiger charge is -2.28. The second-order valence-electron chi connectivity index (χ2n) is 6.77. The predicted molar refractivity (Wildman–Crippen MR) is 86.6 cm³/mol. The highest BCUT2D eigenvalue weighted by molar-refractivity contribution is 7.90. The van der Waals surface area contributed by atoms with Gasteiger partial charge < -0.3 is 10.1 Å². The molecule has 4 nitrogen and oxygen atoms in total. The van der Waals surface area contributed by atoms with Gasteiger partial charge in [-0.25, -0.2) is 8.42 Å². The summed E-state index contributed by atoms with van der Waals surface area (Å²) in [5.74, 6) is 1.05. The standard InChI is InChI=1S/C16H27NO3S/c1-12(2)15(11-17-16(3,4)5)20-13-7-9-14(10-8-13)21(6,18)19/h7-10,12,15,17H,11H2,1-6H3. The van der Waals surface area contributed by atoms with Gasteiger partial charge >= 0.3 is 0 Å². The Balaban J connectivity index is 2.76. The van der Waals surface area contributed by atoms with Crippen LogP contribution in [-0.4, -0.2) is 32.9 Å². The van der Waals surface area contributed by atoms with E-state index in [9.17, 15) is 8.42 Å². The van der Waals surface area contributed by atoms with E-state index >= 15 is 0 Å². The van der Waals surface area contributed by atoms with E-state index in [2.05, 4.69) is 39.9 Å². The van der Waals surface area contributed by atoms with Gasteiger partial charge in [0.05, 0.1) is 4.90 Å². The summed E-state index contributed by atoms with van der Waals surface area (Å²) in [5, 5.41) is 3.44. The zero-order valence-corrected chi connectivity index (χ0v) is 14.6. The number of rotatable bonds is 6. The Labute approximate surface area is 128 Å². The fourth-order valence-corrected chi connectivity index (χ4v) is 2.39. The van der Waals surface area contributed by atoms with Crippen molar-refractivity contribution in [3.05, 3.63) is 24.3 Å². The number of sulfone groups is 1. The first-order chi connectivity index (χ1) is 9.49. The molecule has 0 aliphatic carbocycles. The van der Waals surface area contributed by atoms with Gasteiger partial charge in [0.2, 0.25) is 0 Å². The molecule has 0 saturated heterocycles. The maximum atomic E-state index is 11.4. The minimum atomic E-state index is -3.16. The van der Waals surface area contributed by atoms with Gasteiger partial charge in [-0.1, -0.05) is 13.8 Å². The van der Waals surface area contributed by atoms with Crippen LogP contribution in [0.1, 0.15) is 34.6 Å². The molecule has 5 heteroatoms. The van der Waals surface area contributed by atoms with E-state index in [-0.39, 0.29) is 11.6 Å². The Hall–Kier alpha value is -1.07. The molecular formula is C16H27NO3S. The molecule has 0 spiro atoms. The van der Waals surface area contributed by atoms with E-state index in [4.69, 9.17) is 4.74 Å². The number of nitrogens with one attached hydrogen (secondary N) is 1. The van der Waals surface area contributed by atoms with Crippen LogP contribution in [0.25, 0.3) is 0 Å². The average Bonchev–Trinajstić information content (AvgIpc) is 2.32. The van der Waals surface area contributed by atoms with Gasteiger partial charge in [-0.2, -0.15) is 0 Å². The summed E-state index contributed by atoms with van der Waals surface area (Å²) in [4.78, 5) is 0.309. The molecule has 1 unspecified atom stereocenters. The van der Waals surface area contributed by atoms with Crippen molar-refractivity contribution in [3.8, 4) is 5.75 Å². The Morgan fingerprint density at radius 1 is 1.14 bits per heavy atom. The van der Waals surface area contributed by atoms with Crippen molar-refractivity contribution in [2.24, 2.45) is 5.92 Å². The van der Waals surface area contributed by atoms with Crippen LogP contribution in [0.5, 0.6) is 5.75 Å². The van der Waals surface area contributed by atoms with Crippen molar-refractivity contribution in [1.82, 2.24) is 5.32 Å². The summed E-state index contributed by atoms with van der Waals surface area (Å²) in [6.07, 6.45) is 1.24. The summed E-state index contributed by atoms with van der Waals surface area (Å²) in [5.41, 5.74) is 0.0383. The zero-order chi connectivity index (χ0) is 16.3. The van der Waals surface area contributed by atoms with Crippen molar-refractivity contribution < 1.29 is 13.2 Å². The molecule has 0 saturated carbocycles. The summed E-state index contributed by atoms with van der Waals surface area (Å²) in [6.45, 7) is 11.3. The molecular weight excluding hydrogens is 286 g/mol. The van der Waals surface area contributed by atoms with Gasteiger partial charge in [0.15, 0.2) is 9.84 Å². The number of benzene rings is 1. The van der Waals surface area contributed by atoms with Crippen LogP contribution >= 0.6 is 0 Å². The van der Waals surface area contributed by atoms with Crippen molar-refractivity contribution in [2.45, 2.75) is 51.2 Å². The van der Waals surface area contributed by atoms with Gasteiger partial charge in [-0.3, -0.25) is 0 Å². The van der Waals surface area contributed by atoms with Crippen LogP contribution in [0, 0.1) is 5.92 Å². The summed E-state index contributed by atoms with van der Waals surface area (Å²) in [6, 6.07) is 6.59. The van der Waals surface area contributed by atoms with E-state index in [1.165, 1.54) is 6.26 Å². The molecule has 1 atom stereocenters. The molecule has 0 fully saturated rings. The van der Waals surface area contributed by atoms with E-state index in [1.54, 1.807) is 24.3 Å². The molecule has 0 aromatic heterocycles. The molecule has 21 heavy (non-hydrogen) atoms. The minimum Gasteiger partial charge on any atom is -0.489 e. The zero-order valence-electron chi connectivity index (χ0n) is 13.8. The quantitative estimate of drug-likeness (QED) is 0.877. The largest absolute Gasteiger partial charge is 0.489 e. The lowest BCUT2D eigenvalue weighted by molar-refractivity contribution is 0.139. The lowest BCUT2D eigenvalue weighted by atomic mass is 10.0. The molecule has 0 radical (unpaired) electrons. The lowest BCUT2D eigenvalue weighted by Crippen LogP contribution is -2.44. The Morgan fingerprint density at radius 2 is 1.67 bits per heavy atom. The third-order valence-corrected chi connectivity index (χ3v) is 4.24. The van der Waals surface area contributed by atoms with Crippen molar-refractivity contribution in [3.63, 3.8) is 0 Å². The molecule has 0 aliphatic heterocycles. The maximum Gasteiger partial charge on any atom is 0.175 e. The molecule has 0 bridgehead atoms. The average molecular weight is 313 g/mol. The fourth-order valence-electron chi connectivity index (χ4n) is 1.76. The van der Waals surface area contributed by atoms with Crippen LogP contribution in [0.2, 0.25) is 0 Å². The number of ether oxygens (including phenoxy) is 1. The highest BCUT2D eigenvalue weighted by Crippen LogP contribution is 2.19. The van der Waals surface area contributed by atoms with E-state index < -0.39 is 9.84 Å². The van der Waals surface area contributed by atoms with E-state index in [1.807, 2.05) is 0 Å². The van der Waals surface area contributed by atoms with Crippen LogP contribution in [0.15, 0.2) is 29.2 Å². The van der Waals surface area contributed by atoms with Gasteiger partial charge in [-0.15, -0.1) is 0 Å². The number of hydrogen-bond acceptors (Lipinski definition) is 4. The first kappa shape index (κ1) is 18.0. The third kappa shape index (κ3) is 6.48. The summed E-state index contributed by atoms with van der Waals surface area (Å²) >= 11 is 0. The van der Waals surface area contributed by atoms with E-state index in [0.29, 0.717) is 16.6 Å². The SMILES string of the molecule is CC(C)C(CNC(C)(C)C)Oc1ccc(S(C)(=O)=O)cc1. The normalized spacial score (nSPS) is 14.2. The van der Waals surface area contributed by atoms with Crippen molar-refractivity contribution >= 4 is 9.84 Å². The van der Waals surface area contributed by atoms with Gasteiger partial charge in [-0.05, 0) is 51.0 Å². The molecule has 0 aliphatic rings. The molecule has 1 rings (SSSR count). The molecule has 0 amide bonds. The maximum absolute atomic E-state index is 11.4.